The van der Waals surface area contributed by atoms with Crippen LogP contribution in [0.15, 0.2) is 58.2 Å². The number of fused-ring (bicyclic) bond motifs is 1. The summed E-state index contributed by atoms with van der Waals surface area (Å²) < 4.78 is 10.5. The molecule has 152 valence electrons. The van der Waals surface area contributed by atoms with Crippen molar-refractivity contribution >= 4 is 34.7 Å². The van der Waals surface area contributed by atoms with Crippen molar-refractivity contribution in [2.24, 2.45) is 0 Å². The Morgan fingerprint density at radius 3 is 2.62 bits per heavy atom. The minimum Gasteiger partial charge on any atom is -0.455 e. The molecular weight excluding hydrogens is 388 g/mol. The number of oxazole rings is 1. The van der Waals surface area contributed by atoms with Crippen LogP contribution in [-0.2, 0) is 20.7 Å². The summed E-state index contributed by atoms with van der Waals surface area (Å²) in [5.41, 5.74) is 3.85. The number of rotatable bonds is 9. The molecule has 0 bridgehead atoms. The van der Waals surface area contributed by atoms with Gasteiger partial charge in [0.2, 0.25) is 0 Å². The van der Waals surface area contributed by atoms with Gasteiger partial charge in [0.25, 0.3) is 11.1 Å². The molecule has 0 saturated carbocycles. The summed E-state index contributed by atoms with van der Waals surface area (Å²) in [5.74, 6) is -0.276. The molecule has 1 N–H and O–H groups in total. The maximum atomic E-state index is 11.8. The lowest BCUT2D eigenvalue weighted by Gasteiger charge is -2.08. The van der Waals surface area contributed by atoms with Crippen LogP contribution in [0.2, 0.25) is 0 Å². The van der Waals surface area contributed by atoms with Crippen molar-refractivity contribution in [1.29, 1.82) is 0 Å². The molecule has 6 nitrogen and oxygen atoms in total. The maximum absolute atomic E-state index is 11.8. The second kappa shape index (κ2) is 10.1. The minimum absolute atomic E-state index is 0.0301. The van der Waals surface area contributed by atoms with E-state index in [4.69, 9.17) is 9.15 Å². The Hall–Kier alpha value is -2.80. The van der Waals surface area contributed by atoms with E-state index in [2.05, 4.69) is 48.4 Å². The van der Waals surface area contributed by atoms with E-state index in [9.17, 15) is 9.59 Å². The van der Waals surface area contributed by atoms with Crippen molar-refractivity contribution in [1.82, 2.24) is 10.3 Å². The summed E-state index contributed by atoms with van der Waals surface area (Å²) in [6.45, 7) is 4.51. The fourth-order valence-electron chi connectivity index (χ4n) is 2.69. The number of nitrogens with zero attached hydrogens (tertiary/aromatic N) is 1. The van der Waals surface area contributed by atoms with Gasteiger partial charge in [0.05, 0.1) is 0 Å². The van der Waals surface area contributed by atoms with E-state index in [1.165, 1.54) is 5.56 Å². The summed E-state index contributed by atoms with van der Waals surface area (Å²) >= 11 is 1.14. The van der Waals surface area contributed by atoms with Crippen molar-refractivity contribution in [3.05, 3.63) is 59.7 Å². The lowest BCUT2D eigenvalue weighted by Crippen LogP contribution is -2.30. The Labute approximate surface area is 174 Å². The predicted octanol–water partition coefficient (Wildman–Crippen LogP) is 3.95. The van der Waals surface area contributed by atoms with Gasteiger partial charge in [-0.3, -0.25) is 9.59 Å². The van der Waals surface area contributed by atoms with Gasteiger partial charge in [0.15, 0.2) is 12.2 Å². The number of hydrogen-bond donors (Lipinski definition) is 1. The molecule has 7 heteroatoms. The molecule has 0 radical (unpaired) electrons. The molecular formula is C22H24N2O4S. The average Bonchev–Trinajstić information content (AvgIpc) is 3.14. The van der Waals surface area contributed by atoms with E-state index in [0.29, 0.717) is 23.3 Å². The topological polar surface area (TPSA) is 81.4 Å². The first-order valence-electron chi connectivity index (χ1n) is 9.51. The second-order valence-corrected chi connectivity index (χ2v) is 7.82. The van der Waals surface area contributed by atoms with Crippen molar-refractivity contribution in [2.45, 2.75) is 31.4 Å². The molecule has 29 heavy (non-hydrogen) atoms. The van der Waals surface area contributed by atoms with Crippen LogP contribution in [0, 0.1) is 0 Å². The van der Waals surface area contributed by atoms with Crippen molar-refractivity contribution in [3.8, 4) is 0 Å². The number of nitrogens with one attached hydrogen (secondary N) is 1. The number of aromatic nitrogens is 1. The van der Waals surface area contributed by atoms with Gasteiger partial charge in [-0.05, 0) is 35.6 Å². The lowest BCUT2D eigenvalue weighted by molar-refractivity contribution is -0.145. The van der Waals surface area contributed by atoms with E-state index in [1.807, 2.05) is 24.3 Å². The predicted molar refractivity (Wildman–Crippen MR) is 113 cm³/mol. The van der Waals surface area contributed by atoms with Gasteiger partial charge < -0.3 is 14.5 Å². The van der Waals surface area contributed by atoms with Gasteiger partial charge in [-0.2, -0.15) is 0 Å². The normalized spacial score (nSPS) is 11.0. The Bertz CT molecular complexity index is 933. The Balaban J connectivity index is 1.32. The number of hydrogen-bond acceptors (Lipinski definition) is 6. The zero-order valence-corrected chi connectivity index (χ0v) is 17.3. The standard InChI is InChI=1S/C22H24N2O4S/c1-15(2)17-9-7-16(8-10-17)11-12-23-20(25)13-27-21(26)14-29-22-24-18-5-3-4-6-19(18)28-22/h3-10,15H,11-14H2,1-2H3,(H,23,25). The Morgan fingerprint density at radius 2 is 1.90 bits per heavy atom. The van der Waals surface area contributed by atoms with Crippen LogP contribution in [0.1, 0.15) is 30.9 Å². The number of para-hydroxylation sites is 2. The number of ether oxygens (including phenoxy) is 1. The first-order chi connectivity index (χ1) is 14.0. The SMILES string of the molecule is CC(C)c1ccc(CCNC(=O)COC(=O)CSc2nc3ccccc3o2)cc1. The van der Waals surface area contributed by atoms with E-state index in [-0.39, 0.29) is 18.3 Å². The summed E-state index contributed by atoms with van der Waals surface area (Å²) in [6.07, 6.45) is 0.728. The molecule has 3 aromatic rings. The molecule has 0 aliphatic heterocycles. The number of carbonyl (C=O) groups excluding carboxylic acids is 2. The molecule has 0 atom stereocenters. The Morgan fingerprint density at radius 1 is 1.14 bits per heavy atom. The molecule has 0 unspecified atom stereocenters. The van der Waals surface area contributed by atoms with Gasteiger partial charge in [-0.25, -0.2) is 4.98 Å². The Kier molecular flexibility index (Phi) is 7.30. The van der Waals surface area contributed by atoms with Crippen molar-refractivity contribution in [3.63, 3.8) is 0 Å². The lowest BCUT2D eigenvalue weighted by atomic mass is 10.0. The van der Waals surface area contributed by atoms with Crippen LogP contribution in [-0.4, -0.2) is 35.8 Å². The van der Waals surface area contributed by atoms with Gasteiger partial charge in [0.1, 0.15) is 11.3 Å². The number of thioether (sulfide) groups is 1. The van der Waals surface area contributed by atoms with Gasteiger partial charge in [-0.1, -0.05) is 62.0 Å². The van der Waals surface area contributed by atoms with Crippen molar-refractivity contribution in [2.75, 3.05) is 18.9 Å². The molecule has 0 aliphatic rings. The molecule has 2 aromatic carbocycles. The van der Waals surface area contributed by atoms with Crippen LogP contribution in [0.5, 0.6) is 0 Å². The van der Waals surface area contributed by atoms with Gasteiger partial charge in [0, 0.05) is 6.54 Å². The smallest absolute Gasteiger partial charge is 0.316 e. The van der Waals surface area contributed by atoms with E-state index >= 15 is 0 Å². The highest BCUT2D eigenvalue weighted by atomic mass is 32.2. The summed E-state index contributed by atoms with van der Waals surface area (Å²) in [4.78, 5) is 27.9. The maximum Gasteiger partial charge on any atom is 0.316 e. The van der Waals surface area contributed by atoms with Crippen LogP contribution in [0.3, 0.4) is 0 Å². The zero-order valence-electron chi connectivity index (χ0n) is 16.5. The molecule has 0 fully saturated rings. The van der Waals surface area contributed by atoms with E-state index in [0.717, 1.165) is 29.3 Å². The molecule has 0 saturated heterocycles. The number of amides is 1. The van der Waals surface area contributed by atoms with Crippen LogP contribution < -0.4 is 5.32 Å². The molecule has 3 rings (SSSR count). The summed E-state index contributed by atoms with van der Waals surface area (Å²) in [6, 6.07) is 15.7. The molecule has 0 aliphatic carbocycles. The number of esters is 1. The van der Waals surface area contributed by atoms with Crippen LogP contribution in [0.4, 0.5) is 0 Å². The van der Waals surface area contributed by atoms with Gasteiger partial charge >= 0.3 is 5.97 Å². The highest BCUT2D eigenvalue weighted by Gasteiger charge is 2.11. The minimum atomic E-state index is -0.489. The zero-order chi connectivity index (χ0) is 20.6. The van der Waals surface area contributed by atoms with E-state index in [1.54, 1.807) is 0 Å². The third-order valence-corrected chi connectivity index (χ3v) is 5.14. The molecule has 1 aromatic heterocycles. The highest BCUT2D eigenvalue weighted by molar-refractivity contribution is 7.99. The average molecular weight is 413 g/mol. The number of benzene rings is 2. The molecule has 1 heterocycles. The first-order valence-corrected chi connectivity index (χ1v) is 10.5. The fraction of sp³-hybridized carbons (Fsp3) is 0.318. The van der Waals surface area contributed by atoms with E-state index < -0.39 is 5.97 Å². The number of carbonyl (C=O) groups is 2. The van der Waals surface area contributed by atoms with Gasteiger partial charge in [-0.15, -0.1) is 0 Å². The molecule has 1 amide bonds. The first kappa shape index (κ1) is 20.9. The third kappa shape index (κ3) is 6.35. The van der Waals surface area contributed by atoms with Crippen molar-refractivity contribution < 1.29 is 18.7 Å². The third-order valence-electron chi connectivity index (χ3n) is 4.33. The summed E-state index contributed by atoms with van der Waals surface area (Å²) in [5, 5.41) is 3.16. The quantitative estimate of drug-likeness (QED) is 0.423. The largest absolute Gasteiger partial charge is 0.455 e. The monoisotopic (exact) mass is 412 g/mol. The second-order valence-electron chi connectivity index (χ2n) is 6.89. The summed E-state index contributed by atoms with van der Waals surface area (Å²) in [7, 11) is 0. The fourth-order valence-corrected chi connectivity index (χ4v) is 3.32. The van der Waals surface area contributed by atoms with Crippen LogP contribution in [0.25, 0.3) is 11.1 Å². The van der Waals surface area contributed by atoms with Crippen LogP contribution >= 0.6 is 11.8 Å². The highest BCUT2D eigenvalue weighted by Crippen LogP contribution is 2.23. The molecule has 0 spiro atoms.